The van der Waals surface area contributed by atoms with Crippen LogP contribution in [0.5, 0.6) is 5.75 Å². The van der Waals surface area contributed by atoms with E-state index >= 15 is 0 Å². The fourth-order valence-corrected chi connectivity index (χ4v) is 3.51. The summed E-state index contributed by atoms with van der Waals surface area (Å²) in [6.07, 6.45) is 5.66. The molecule has 1 aliphatic rings. The minimum atomic E-state index is -0.175. The summed E-state index contributed by atoms with van der Waals surface area (Å²) in [6.45, 7) is 1.85. The van der Waals surface area contributed by atoms with Crippen LogP contribution in [0.15, 0.2) is 36.7 Å². The van der Waals surface area contributed by atoms with Gasteiger partial charge in [0.25, 0.3) is 5.91 Å². The number of pyridine rings is 1. The van der Waals surface area contributed by atoms with E-state index in [1.54, 1.807) is 36.1 Å². The first-order chi connectivity index (χ1) is 13.7. The number of nitrogens with zero attached hydrogens (tertiary/aromatic N) is 5. The van der Waals surface area contributed by atoms with E-state index in [-0.39, 0.29) is 12.0 Å². The quantitative estimate of drug-likeness (QED) is 0.652. The highest BCUT2D eigenvalue weighted by atomic mass is 16.5. The predicted molar refractivity (Wildman–Crippen MR) is 103 cm³/mol. The minimum Gasteiger partial charge on any atom is -0.494 e. The largest absolute Gasteiger partial charge is 0.494 e. The second kappa shape index (κ2) is 7.93. The van der Waals surface area contributed by atoms with E-state index in [9.17, 15) is 4.79 Å². The predicted octanol–water partition coefficient (Wildman–Crippen LogP) is 2.29. The van der Waals surface area contributed by atoms with Crippen molar-refractivity contribution in [2.45, 2.75) is 32.0 Å². The second-order valence-corrected chi connectivity index (χ2v) is 6.95. The topological polar surface area (TPSA) is 82.4 Å². The molecule has 146 valence electrons. The van der Waals surface area contributed by atoms with Crippen LogP contribution in [0.25, 0.3) is 10.9 Å². The second-order valence-electron chi connectivity index (χ2n) is 6.95. The van der Waals surface area contributed by atoms with Crippen molar-refractivity contribution in [3.05, 3.63) is 47.9 Å². The molecule has 1 saturated heterocycles. The number of fused-ring (bicyclic) bond motifs is 1. The molecule has 1 amide bonds. The van der Waals surface area contributed by atoms with Crippen molar-refractivity contribution in [3.8, 4) is 5.75 Å². The van der Waals surface area contributed by atoms with Crippen LogP contribution in [0.4, 0.5) is 0 Å². The van der Waals surface area contributed by atoms with Crippen LogP contribution in [0.2, 0.25) is 0 Å². The Morgan fingerprint density at radius 3 is 3.07 bits per heavy atom. The standard InChI is InChI=1S/C20H23N5O3/c1-24(11-14-7-8-18(27-2)19-16(14)6-3-9-21-19)20(26)17-13-25(23-22-17)12-15-5-4-10-28-15/h3,6-9,13,15H,4-5,10-12H2,1-2H3. The van der Waals surface area contributed by atoms with Crippen LogP contribution in [0, 0.1) is 0 Å². The lowest BCUT2D eigenvalue weighted by Crippen LogP contribution is -2.26. The number of carbonyl (C=O) groups excluding carboxylic acids is 1. The molecule has 1 atom stereocenters. The maximum absolute atomic E-state index is 12.8. The summed E-state index contributed by atoms with van der Waals surface area (Å²) >= 11 is 0. The number of methoxy groups -OCH3 is 1. The van der Waals surface area contributed by atoms with Gasteiger partial charge in [-0.25, -0.2) is 4.68 Å². The molecule has 0 radical (unpaired) electrons. The molecule has 1 aliphatic heterocycles. The zero-order valence-corrected chi connectivity index (χ0v) is 16.0. The normalized spacial score (nSPS) is 16.4. The Morgan fingerprint density at radius 1 is 1.39 bits per heavy atom. The van der Waals surface area contributed by atoms with Gasteiger partial charge in [0, 0.05) is 31.8 Å². The van der Waals surface area contributed by atoms with E-state index in [0.717, 1.165) is 35.9 Å². The van der Waals surface area contributed by atoms with Crippen LogP contribution in [0.1, 0.15) is 28.9 Å². The fraction of sp³-hybridized carbons (Fsp3) is 0.400. The Hall–Kier alpha value is -3.00. The monoisotopic (exact) mass is 381 g/mol. The summed E-state index contributed by atoms with van der Waals surface area (Å²) in [4.78, 5) is 18.8. The van der Waals surface area contributed by atoms with Crippen molar-refractivity contribution in [3.63, 3.8) is 0 Å². The van der Waals surface area contributed by atoms with E-state index in [1.165, 1.54) is 0 Å². The number of amides is 1. The molecular formula is C20H23N5O3. The summed E-state index contributed by atoms with van der Waals surface area (Å²) < 4.78 is 12.7. The van der Waals surface area contributed by atoms with Crippen molar-refractivity contribution in [2.24, 2.45) is 0 Å². The highest BCUT2D eigenvalue weighted by Crippen LogP contribution is 2.27. The van der Waals surface area contributed by atoms with E-state index in [1.807, 2.05) is 24.3 Å². The van der Waals surface area contributed by atoms with Gasteiger partial charge in [0.2, 0.25) is 0 Å². The third kappa shape index (κ3) is 3.68. The lowest BCUT2D eigenvalue weighted by molar-refractivity contribution is 0.0779. The Labute approximate surface area is 163 Å². The van der Waals surface area contributed by atoms with Crippen molar-refractivity contribution in [1.29, 1.82) is 0 Å². The van der Waals surface area contributed by atoms with E-state index in [4.69, 9.17) is 9.47 Å². The lowest BCUT2D eigenvalue weighted by atomic mass is 10.1. The molecular weight excluding hydrogens is 358 g/mol. The molecule has 0 spiro atoms. The molecule has 8 heteroatoms. The molecule has 0 N–H and O–H groups in total. The number of carbonyl (C=O) groups is 1. The first-order valence-electron chi connectivity index (χ1n) is 9.33. The molecule has 0 bridgehead atoms. The van der Waals surface area contributed by atoms with Gasteiger partial charge in [0.05, 0.1) is 26.0 Å². The van der Waals surface area contributed by atoms with Crippen LogP contribution in [0.3, 0.4) is 0 Å². The Balaban J connectivity index is 1.49. The molecule has 0 aliphatic carbocycles. The van der Waals surface area contributed by atoms with Crippen molar-refractivity contribution < 1.29 is 14.3 Å². The van der Waals surface area contributed by atoms with Gasteiger partial charge in [0.15, 0.2) is 5.69 Å². The van der Waals surface area contributed by atoms with E-state index < -0.39 is 0 Å². The van der Waals surface area contributed by atoms with Gasteiger partial charge in [-0.2, -0.15) is 0 Å². The average molecular weight is 381 g/mol. The third-order valence-electron chi connectivity index (χ3n) is 4.97. The van der Waals surface area contributed by atoms with Crippen LogP contribution >= 0.6 is 0 Å². The molecule has 4 rings (SSSR count). The van der Waals surface area contributed by atoms with Crippen molar-refractivity contribution >= 4 is 16.8 Å². The van der Waals surface area contributed by atoms with Gasteiger partial charge < -0.3 is 14.4 Å². The molecule has 0 saturated carbocycles. The summed E-state index contributed by atoms with van der Waals surface area (Å²) in [5, 5.41) is 9.08. The number of aromatic nitrogens is 4. The molecule has 3 heterocycles. The van der Waals surface area contributed by atoms with Crippen LogP contribution in [-0.4, -0.2) is 57.7 Å². The average Bonchev–Trinajstić information content (AvgIpc) is 3.40. The van der Waals surface area contributed by atoms with Gasteiger partial charge in [0.1, 0.15) is 11.3 Å². The minimum absolute atomic E-state index is 0.153. The zero-order chi connectivity index (χ0) is 19.5. The number of benzene rings is 1. The Morgan fingerprint density at radius 2 is 2.29 bits per heavy atom. The first kappa shape index (κ1) is 18.4. The van der Waals surface area contributed by atoms with Gasteiger partial charge >= 0.3 is 0 Å². The van der Waals surface area contributed by atoms with Crippen LogP contribution < -0.4 is 4.74 Å². The van der Waals surface area contributed by atoms with Crippen LogP contribution in [-0.2, 0) is 17.8 Å². The van der Waals surface area contributed by atoms with Gasteiger partial charge in [-0.15, -0.1) is 5.10 Å². The van der Waals surface area contributed by atoms with Gasteiger partial charge in [-0.1, -0.05) is 17.3 Å². The van der Waals surface area contributed by atoms with Gasteiger partial charge in [-0.3, -0.25) is 9.78 Å². The highest BCUT2D eigenvalue weighted by Gasteiger charge is 2.20. The lowest BCUT2D eigenvalue weighted by Gasteiger charge is -2.17. The zero-order valence-electron chi connectivity index (χ0n) is 16.0. The van der Waals surface area contributed by atoms with Crippen molar-refractivity contribution in [2.75, 3.05) is 20.8 Å². The molecule has 3 aromatic rings. The maximum Gasteiger partial charge on any atom is 0.276 e. The Kier molecular flexibility index (Phi) is 5.21. The third-order valence-corrected chi connectivity index (χ3v) is 4.97. The number of hydrogen-bond donors (Lipinski definition) is 0. The molecule has 2 aromatic heterocycles. The summed E-state index contributed by atoms with van der Waals surface area (Å²) in [7, 11) is 3.38. The number of rotatable bonds is 6. The van der Waals surface area contributed by atoms with Gasteiger partial charge in [-0.05, 0) is 30.5 Å². The number of ether oxygens (including phenoxy) is 2. The maximum atomic E-state index is 12.8. The van der Waals surface area contributed by atoms with E-state index in [2.05, 4.69) is 15.3 Å². The number of hydrogen-bond acceptors (Lipinski definition) is 6. The highest BCUT2D eigenvalue weighted by molar-refractivity contribution is 5.92. The van der Waals surface area contributed by atoms with E-state index in [0.29, 0.717) is 24.5 Å². The first-order valence-corrected chi connectivity index (χ1v) is 9.33. The Bertz CT molecular complexity index is 981. The molecule has 1 aromatic carbocycles. The smallest absolute Gasteiger partial charge is 0.276 e. The fourth-order valence-electron chi connectivity index (χ4n) is 3.51. The molecule has 28 heavy (non-hydrogen) atoms. The molecule has 1 unspecified atom stereocenters. The molecule has 8 nitrogen and oxygen atoms in total. The van der Waals surface area contributed by atoms with Crippen molar-refractivity contribution in [1.82, 2.24) is 24.9 Å². The summed E-state index contributed by atoms with van der Waals surface area (Å²) in [5.41, 5.74) is 2.11. The molecule has 1 fully saturated rings. The summed E-state index contributed by atoms with van der Waals surface area (Å²) in [6, 6.07) is 7.70. The SMILES string of the molecule is COc1ccc(CN(C)C(=O)c2cn(CC3CCCO3)nn2)c2cccnc12. The summed E-state index contributed by atoms with van der Waals surface area (Å²) in [5.74, 6) is 0.539.